The van der Waals surface area contributed by atoms with Crippen molar-refractivity contribution in [1.82, 2.24) is 20.1 Å². The quantitative estimate of drug-likeness (QED) is 0.397. The van der Waals surface area contributed by atoms with Crippen LogP contribution in [0.5, 0.6) is 11.5 Å². The van der Waals surface area contributed by atoms with Crippen LogP contribution >= 0.6 is 11.8 Å². The minimum Gasteiger partial charge on any atom is -0.493 e. The monoisotopic (exact) mass is 418 g/mol. The van der Waals surface area contributed by atoms with Crippen molar-refractivity contribution < 1.29 is 14.3 Å². The van der Waals surface area contributed by atoms with Crippen molar-refractivity contribution >= 4 is 17.7 Å². The van der Waals surface area contributed by atoms with Crippen molar-refractivity contribution in [3.05, 3.63) is 42.2 Å². The lowest BCUT2D eigenvalue weighted by Gasteiger charge is -2.10. The van der Waals surface area contributed by atoms with Crippen molar-refractivity contribution in [1.29, 1.82) is 0 Å². The van der Waals surface area contributed by atoms with E-state index in [-0.39, 0.29) is 5.91 Å². The molecule has 0 fully saturated rings. The van der Waals surface area contributed by atoms with Crippen LogP contribution in [0.3, 0.4) is 0 Å². The fourth-order valence-corrected chi connectivity index (χ4v) is 3.62. The molecule has 0 radical (unpaired) electrons. The van der Waals surface area contributed by atoms with Crippen molar-refractivity contribution in [2.24, 2.45) is 0 Å². The van der Waals surface area contributed by atoms with E-state index < -0.39 is 0 Å². The van der Waals surface area contributed by atoms with Gasteiger partial charge in [0.15, 0.2) is 16.7 Å². The van der Waals surface area contributed by atoms with E-state index in [1.165, 1.54) is 11.8 Å². The summed E-state index contributed by atoms with van der Waals surface area (Å²) in [5, 5.41) is 12.2. The second-order valence-corrected chi connectivity index (χ2v) is 7.42. The van der Waals surface area contributed by atoms with Crippen molar-refractivity contribution in [3.63, 3.8) is 0 Å². The molecule has 8 heteroatoms. The second kappa shape index (κ2) is 12.2. The zero-order chi connectivity index (χ0) is 21.1. The Bertz CT molecular complexity index is 807. The van der Waals surface area contributed by atoms with Crippen LogP contribution in [0.15, 0.2) is 36.0 Å². The molecule has 0 saturated carbocycles. The number of carbonyl (C=O) groups is 1. The summed E-state index contributed by atoms with van der Waals surface area (Å²) < 4.78 is 12.6. The molecule has 1 amide bonds. The van der Waals surface area contributed by atoms with Gasteiger partial charge in [0.1, 0.15) is 5.82 Å². The highest BCUT2D eigenvalue weighted by Gasteiger charge is 2.13. The number of rotatable bonds is 13. The fourth-order valence-electron chi connectivity index (χ4n) is 2.82. The van der Waals surface area contributed by atoms with Gasteiger partial charge < -0.3 is 19.4 Å². The van der Waals surface area contributed by atoms with Crippen LogP contribution in [-0.2, 0) is 24.2 Å². The third kappa shape index (κ3) is 6.81. The molecule has 0 aliphatic carbocycles. The Morgan fingerprint density at radius 2 is 2.03 bits per heavy atom. The Kier molecular flexibility index (Phi) is 9.56. The first kappa shape index (κ1) is 22.8. The highest BCUT2D eigenvalue weighted by Crippen LogP contribution is 2.27. The average molecular weight is 419 g/mol. The number of nitrogens with one attached hydrogen (secondary N) is 1. The molecule has 158 valence electrons. The van der Waals surface area contributed by atoms with Crippen molar-refractivity contribution in [2.75, 3.05) is 26.5 Å². The van der Waals surface area contributed by atoms with Crippen LogP contribution in [0.2, 0.25) is 0 Å². The smallest absolute Gasteiger partial charge is 0.230 e. The number of aryl methyl sites for hydroxylation is 1. The highest BCUT2D eigenvalue weighted by molar-refractivity contribution is 7.99. The van der Waals surface area contributed by atoms with Gasteiger partial charge in [-0.1, -0.05) is 37.2 Å². The zero-order valence-corrected chi connectivity index (χ0v) is 18.3. The van der Waals surface area contributed by atoms with E-state index in [1.54, 1.807) is 14.2 Å². The molecular formula is C21H30N4O3S. The predicted octanol–water partition coefficient (Wildman–Crippen LogP) is 3.27. The minimum atomic E-state index is -0.0289. The molecule has 0 aliphatic rings. The van der Waals surface area contributed by atoms with Gasteiger partial charge in [0.25, 0.3) is 0 Å². The lowest BCUT2D eigenvalue weighted by molar-refractivity contribution is -0.118. The third-order valence-electron chi connectivity index (χ3n) is 4.38. The van der Waals surface area contributed by atoms with Crippen LogP contribution in [-0.4, -0.2) is 47.2 Å². The maximum atomic E-state index is 12.2. The standard InChI is InChI=1S/C21H30N4O3S/c1-5-7-8-19-23-24-21(25(19)13-6-2)29-15-20(26)22-12-11-16-9-10-17(27-3)18(14-16)28-4/h6,9-10,14H,2,5,7-8,11-13,15H2,1,3-4H3,(H,22,26). The molecule has 1 aromatic carbocycles. The molecule has 29 heavy (non-hydrogen) atoms. The summed E-state index contributed by atoms with van der Waals surface area (Å²) in [7, 11) is 3.22. The van der Waals surface area contributed by atoms with Gasteiger partial charge >= 0.3 is 0 Å². The Morgan fingerprint density at radius 1 is 1.24 bits per heavy atom. The van der Waals surface area contributed by atoms with E-state index in [0.717, 1.165) is 35.8 Å². The summed E-state index contributed by atoms with van der Waals surface area (Å²) in [5.41, 5.74) is 1.07. The van der Waals surface area contributed by atoms with Gasteiger partial charge in [-0.2, -0.15) is 0 Å². The fraction of sp³-hybridized carbons (Fsp3) is 0.476. The Labute approximate surface area is 176 Å². The Morgan fingerprint density at radius 3 is 2.72 bits per heavy atom. The van der Waals surface area contributed by atoms with Gasteiger partial charge in [0.2, 0.25) is 5.91 Å². The summed E-state index contributed by atoms with van der Waals surface area (Å²) >= 11 is 1.40. The van der Waals surface area contributed by atoms with Crippen LogP contribution < -0.4 is 14.8 Å². The van der Waals surface area contributed by atoms with Gasteiger partial charge in [-0.3, -0.25) is 4.79 Å². The molecule has 0 spiro atoms. The first-order valence-corrected chi connectivity index (χ1v) is 10.7. The molecule has 0 atom stereocenters. The first-order chi connectivity index (χ1) is 14.1. The SMILES string of the molecule is C=CCn1c(CCCC)nnc1SCC(=O)NCCc1ccc(OC)c(OC)c1. The van der Waals surface area contributed by atoms with E-state index in [1.807, 2.05) is 28.8 Å². The summed E-state index contributed by atoms with van der Waals surface area (Å²) in [6.45, 7) is 7.15. The van der Waals surface area contributed by atoms with Crippen molar-refractivity contribution in [3.8, 4) is 11.5 Å². The molecule has 0 unspecified atom stereocenters. The number of benzene rings is 1. The van der Waals surface area contributed by atoms with E-state index in [9.17, 15) is 4.79 Å². The van der Waals surface area contributed by atoms with E-state index in [4.69, 9.17) is 9.47 Å². The number of thioether (sulfide) groups is 1. The molecular weight excluding hydrogens is 388 g/mol. The van der Waals surface area contributed by atoms with E-state index in [2.05, 4.69) is 29.0 Å². The number of amides is 1. The lowest BCUT2D eigenvalue weighted by atomic mass is 10.1. The molecule has 0 saturated heterocycles. The average Bonchev–Trinajstić information content (AvgIpc) is 3.12. The van der Waals surface area contributed by atoms with Crippen LogP contribution in [0.25, 0.3) is 0 Å². The second-order valence-electron chi connectivity index (χ2n) is 6.48. The highest BCUT2D eigenvalue weighted by atomic mass is 32.2. The Hall–Kier alpha value is -2.48. The summed E-state index contributed by atoms with van der Waals surface area (Å²) in [4.78, 5) is 12.2. The zero-order valence-electron chi connectivity index (χ0n) is 17.4. The summed E-state index contributed by atoms with van der Waals surface area (Å²) in [6.07, 6.45) is 5.59. The predicted molar refractivity (Wildman–Crippen MR) is 116 cm³/mol. The third-order valence-corrected chi connectivity index (χ3v) is 5.34. The number of nitrogens with zero attached hydrogens (tertiary/aromatic N) is 3. The normalized spacial score (nSPS) is 10.6. The van der Waals surface area contributed by atoms with Gasteiger partial charge in [0.05, 0.1) is 20.0 Å². The summed E-state index contributed by atoms with van der Waals surface area (Å²) in [6, 6.07) is 5.77. The molecule has 0 bridgehead atoms. The number of carbonyl (C=O) groups excluding carboxylic acids is 1. The molecule has 0 aliphatic heterocycles. The van der Waals surface area contributed by atoms with Crippen LogP contribution in [0.1, 0.15) is 31.2 Å². The topological polar surface area (TPSA) is 78.3 Å². The molecule has 2 rings (SSSR count). The number of aromatic nitrogens is 3. The number of hydrogen-bond acceptors (Lipinski definition) is 6. The Balaban J connectivity index is 1.83. The van der Waals surface area contributed by atoms with Gasteiger partial charge in [-0.25, -0.2) is 0 Å². The largest absolute Gasteiger partial charge is 0.493 e. The van der Waals surface area contributed by atoms with E-state index in [0.29, 0.717) is 36.8 Å². The van der Waals surface area contributed by atoms with Gasteiger partial charge in [-0.15, -0.1) is 16.8 Å². The number of hydrogen-bond donors (Lipinski definition) is 1. The molecule has 7 nitrogen and oxygen atoms in total. The summed E-state index contributed by atoms with van der Waals surface area (Å²) in [5.74, 6) is 2.60. The lowest BCUT2D eigenvalue weighted by Crippen LogP contribution is -2.27. The van der Waals surface area contributed by atoms with Crippen LogP contribution in [0.4, 0.5) is 0 Å². The number of ether oxygens (including phenoxy) is 2. The maximum Gasteiger partial charge on any atom is 0.230 e. The molecule has 1 heterocycles. The minimum absolute atomic E-state index is 0.0289. The maximum absolute atomic E-state index is 12.2. The number of methoxy groups -OCH3 is 2. The van der Waals surface area contributed by atoms with E-state index >= 15 is 0 Å². The van der Waals surface area contributed by atoms with Crippen LogP contribution in [0, 0.1) is 0 Å². The van der Waals surface area contributed by atoms with Gasteiger partial charge in [-0.05, 0) is 30.5 Å². The first-order valence-electron chi connectivity index (χ1n) is 9.76. The molecule has 1 aromatic heterocycles. The van der Waals surface area contributed by atoms with Crippen molar-refractivity contribution in [2.45, 2.75) is 44.3 Å². The number of allylic oxidation sites excluding steroid dienone is 1. The number of unbranched alkanes of at least 4 members (excludes halogenated alkanes) is 1. The molecule has 1 N–H and O–H groups in total. The van der Waals surface area contributed by atoms with Gasteiger partial charge in [0, 0.05) is 19.5 Å². The molecule has 2 aromatic rings.